The molecular weight excluding hydrogens is 230 g/mol. The number of hydrogen-bond acceptors (Lipinski definition) is 3. The lowest BCUT2D eigenvalue weighted by Crippen LogP contribution is -2.30. The molecule has 96 valence electrons. The molecule has 0 aliphatic carbocycles. The van der Waals surface area contributed by atoms with Gasteiger partial charge in [0.15, 0.2) is 0 Å². The average molecular weight is 247 g/mol. The van der Waals surface area contributed by atoms with E-state index in [1.807, 2.05) is 25.1 Å². The molecule has 18 heavy (non-hydrogen) atoms. The minimum Gasteiger partial charge on any atom is -0.464 e. The van der Waals surface area contributed by atoms with Crippen LogP contribution >= 0.6 is 0 Å². The molecule has 0 aliphatic rings. The number of likely N-dealkylation sites (N-methyl/N-ethyl adjacent to an activating group) is 1. The highest BCUT2D eigenvalue weighted by atomic mass is 16.3. The minimum absolute atomic E-state index is 0.0203. The summed E-state index contributed by atoms with van der Waals surface area (Å²) in [6.45, 7) is 2.34. The second kappa shape index (κ2) is 5.23. The summed E-state index contributed by atoms with van der Waals surface area (Å²) in [7, 11) is 1.69. The molecule has 0 unspecified atom stereocenters. The SMILES string of the molecule is Cc1ccc2c(CC(=O)N(C)CCO)coc2c1. The highest BCUT2D eigenvalue weighted by Crippen LogP contribution is 2.22. The third kappa shape index (κ3) is 2.54. The Labute approximate surface area is 106 Å². The molecule has 1 aromatic carbocycles. The van der Waals surface area contributed by atoms with Gasteiger partial charge in [0.1, 0.15) is 5.58 Å². The lowest BCUT2D eigenvalue weighted by molar-refractivity contribution is -0.129. The molecule has 0 aliphatic heterocycles. The standard InChI is InChI=1S/C14H17NO3/c1-10-3-4-12-11(9-18-13(12)7-10)8-14(17)15(2)5-6-16/h3-4,7,9,16H,5-6,8H2,1-2H3. The van der Waals surface area contributed by atoms with E-state index in [0.717, 1.165) is 22.1 Å². The number of carbonyl (C=O) groups is 1. The van der Waals surface area contributed by atoms with Gasteiger partial charge in [-0.2, -0.15) is 0 Å². The molecule has 1 aromatic heterocycles. The number of amides is 1. The number of furan rings is 1. The molecule has 2 aromatic rings. The van der Waals surface area contributed by atoms with Crippen LogP contribution in [0.2, 0.25) is 0 Å². The van der Waals surface area contributed by atoms with Gasteiger partial charge in [0.05, 0.1) is 19.3 Å². The van der Waals surface area contributed by atoms with Crippen LogP contribution in [0.3, 0.4) is 0 Å². The monoisotopic (exact) mass is 247 g/mol. The van der Waals surface area contributed by atoms with Crippen LogP contribution in [0, 0.1) is 6.92 Å². The minimum atomic E-state index is -0.0210. The summed E-state index contributed by atoms with van der Waals surface area (Å²) in [4.78, 5) is 13.4. The molecule has 0 atom stereocenters. The number of fused-ring (bicyclic) bond motifs is 1. The Balaban J connectivity index is 2.19. The van der Waals surface area contributed by atoms with E-state index < -0.39 is 0 Å². The summed E-state index contributed by atoms with van der Waals surface area (Å²) in [5, 5.41) is 9.78. The van der Waals surface area contributed by atoms with Crippen molar-refractivity contribution in [3.05, 3.63) is 35.6 Å². The van der Waals surface area contributed by atoms with E-state index in [9.17, 15) is 4.79 Å². The van der Waals surface area contributed by atoms with E-state index >= 15 is 0 Å². The van der Waals surface area contributed by atoms with Gasteiger partial charge in [0.2, 0.25) is 5.91 Å². The molecule has 0 saturated carbocycles. The van der Waals surface area contributed by atoms with Crippen molar-refractivity contribution in [3.63, 3.8) is 0 Å². The van der Waals surface area contributed by atoms with Gasteiger partial charge in [0, 0.05) is 24.5 Å². The van der Waals surface area contributed by atoms with Crippen LogP contribution in [0.1, 0.15) is 11.1 Å². The van der Waals surface area contributed by atoms with Gasteiger partial charge in [-0.25, -0.2) is 0 Å². The first-order chi connectivity index (χ1) is 8.61. The predicted octanol–water partition coefficient (Wildman–Crippen LogP) is 1.73. The number of nitrogens with zero attached hydrogens (tertiary/aromatic N) is 1. The quantitative estimate of drug-likeness (QED) is 0.895. The maximum absolute atomic E-state index is 11.9. The Bertz CT molecular complexity index is 559. The summed E-state index contributed by atoms with van der Waals surface area (Å²) in [6, 6.07) is 5.94. The second-order valence-electron chi connectivity index (χ2n) is 4.48. The van der Waals surface area contributed by atoms with E-state index in [1.54, 1.807) is 13.3 Å². The third-order valence-corrected chi connectivity index (χ3v) is 3.01. The Morgan fingerprint density at radius 1 is 1.44 bits per heavy atom. The molecule has 1 amide bonds. The van der Waals surface area contributed by atoms with Crippen LogP contribution in [0.15, 0.2) is 28.9 Å². The normalized spacial score (nSPS) is 10.8. The summed E-state index contributed by atoms with van der Waals surface area (Å²) in [5.41, 5.74) is 2.83. The molecule has 0 saturated heterocycles. The molecule has 2 rings (SSSR count). The first-order valence-corrected chi connectivity index (χ1v) is 5.93. The summed E-state index contributed by atoms with van der Waals surface area (Å²) >= 11 is 0. The second-order valence-corrected chi connectivity index (χ2v) is 4.48. The fourth-order valence-electron chi connectivity index (χ4n) is 1.90. The lowest BCUT2D eigenvalue weighted by Gasteiger charge is -2.14. The maximum atomic E-state index is 11.9. The molecule has 0 radical (unpaired) electrons. The Morgan fingerprint density at radius 2 is 2.22 bits per heavy atom. The maximum Gasteiger partial charge on any atom is 0.226 e. The Kier molecular flexibility index (Phi) is 3.67. The van der Waals surface area contributed by atoms with E-state index in [2.05, 4.69) is 0 Å². The van der Waals surface area contributed by atoms with E-state index in [-0.39, 0.29) is 12.5 Å². The summed E-state index contributed by atoms with van der Waals surface area (Å²) < 4.78 is 5.45. The first kappa shape index (κ1) is 12.6. The van der Waals surface area contributed by atoms with Crippen molar-refractivity contribution in [2.45, 2.75) is 13.3 Å². The summed E-state index contributed by atoms with van der Waals surface area (Å²) in [5.74, 6) is -0.0210. The molecule has 0 spiro atoms. The largest absolute Gasteiger partial charge is 0.464 e. The van der Waals surface area contributed by atoms with Crippen LogP contribution < -0.4 is 0 Å². The smallest absolute Gasteiger partial charge is 0.226 e. The third-order valence-electron chi connectivity index (χ3n) is 3.01. The van der Waals surface area contributed by atoms with Gasteiger partial charge in [-0.05, 0) is 18.6 Å². The zero-order valence-corrected chi connectivity index (χ0v) is 10.6. The van der Waals surface area contributed by atoms with E-state index in [4.69, 9.17) is 9.52 Å². The van der Waals surface area contributed by atoms with Crippen LogP contribution in [-0.2, 0) is 11.2 Å². The van der Waals surface area contributed by atoms with Gasteiger partial charge in [-0.1, -0.05) is 12.1 Å². The highest BCUT2D eigenvalue weighted by molar-refractivity contribution is 5.87. The fourth-order valence-corrected chi connectivity index (χ4v) is 1.90. The highest BCUT2D eigenvalue weighted by Gasteiger charge is 2.13. The number of aliphatic hydroxyl groups excluding tert-OH is 1. The van der Waals surface area contributed by atoms with Gasteiger partial charge in [-0.15, -0.1) is 0 Å². The van der Waals surface area contributed by atoms with E-state index in [0.29, 0.717) is 13.0 Å². The molecule has 0 bridgehead atoms. The molecule has 4 nitrogen and oxygen atoms in total. The van der Waals surface area contributed by atoms with Crippen molar-refractivity contribution < 1.29 is 14.3 Å². The van der Waals surface area contributed by atoms with Crippen molar-refractivity contribution in [1.82, 2.24) is 4.90 Å². The molecule has 1 heterocycles. The zero-order chi connectivity index (χ0) is 13.1. The van der Waals surface area contributed by atoms with Gasteiger partial charge in [-0.3, -0.25) is 4.79 Å². The van der Waals surface area contributed by atoms with Gasteiger partial charge in [0.25, 0.3) is 0 Å². The average Bonchev–Trinajstić information content (AvgIpc) is 2.72. The number of aryl methyl sites for hydroxylation is 1. The van der Waals surface area contributed by atoms with Crippen LogP contribution in [0.25, 0.3) is 11.0 Å². The van der Waals surface area contributed by atoms with Crippen LogP contribution in [0.4, 0.5) is 0 Å². The zero-order valence-electron chi connectivity index (χ0n) is 10.6. The predicted molar refractivity (Wildman–Crippen MR) is 69.4 cm³/mol. The van der Waals surface area contributed by atoms with Gasteiger partial charge >= 0.3 is 0 Å². The Morgan fingerprint density at radius 3 is 2.94 bits per heavy atom. The number of benzene rings is 1. The summed E-state index contributed by atoms with van der Waals surface area (Å²) in [6.07, 6.45) is 1.93. The Hall–Kier alpha value is -1.81. The number of carbonyl (C=O) groups excluding carboxylic acids is 1. The fraction of sp³-hybridized carbons (Fsp3) is 0.357. The molecule has 0 fully saturated rings. The van der Waals surface area contributed by atoms with Gasteiger partial charge < -0.3 is 14.4 Å². The van der Waals surface area contributed by atoms with Crippen molar-refractivity contribution in [1.29, 1.82) is 0 Å². The van der Waals surface area contributed by atoms with Crippen LogP contribution in [-0.4, -0.2) is 36.1 Å². The number of hydrogen-bond donors (Lipinski definition) is 1. The van der Waals surface area contributed by atoms with Crippen molar-refractivity contribution in [2.24, 2.45) is 0 Å². The number of aliphatic hydroxyl groups is 1. The lowest BCUT2D eigenvalue weighted by atomic mass is 10.1. The van der Waals surface area contributed by atoms with Crippen molar-refractivity contribution in [3.8, 4) is 0 Å². The molecular formula is C14H17NO3. The molecule has 1 N–H and O–H groups in total. The molecule has 4 heteroatoms. The van der Waals surface area contributed by atoms with E-state index in [1.165, 1.54) is 4.90 Å². The number of rotatable bonds is 4. The first-order valence-electron chi connectivity index (χ1n) is 5.93. The van der Waals surface area contributed by atoms with Crippen molar-refractivity contribution in [2.75, 3.05) is 20.2 Å². The van der Waals surface area contributed by atoms with Crippen LogP contribution in [0.5, 0.6) is 0 Å². The van der Waals surface area contributed by atoms with Crippen molar-refractivity contribution >= 4 is 16.9 Å². The topological polar surface area (TPSA) is 53.7 Å².